The van der Waals surface area contributed by atoms with Crippen molar-refractivity contribution in [3.8, 4) is 0 Å². The van der Waals surface area contributed by atoms with Crippen molar-refractivity contribution in [2.24, 2.45) is 0 Å². The zero-order chi connectivity index (χ0) is 13.8. The second kappa shape index (κ2) is 8.42. The van der Waals surface area contributed by atoms with Gasteiger partial charge in [0.15, 0.2) is 0 Å². The Morgan fingerprint density at radius 1 is 0.455 bits per heavy atom. The average Bonchev–Trinajstić information content (AvgIpc) is 2.56. The first-order valence-electron chi connectivity index (χ1n) is 6.69. The van der Waals surface area contributed by atoms with E-state index in [9.17, 15) is 0 Å². The van der Waals surface area contributed by atoms with Crippen molar-refractivity contribution in [2.45, 2.75) is 4.28 Å². The summed E-state index contributed by atoms with van der Waals surface area (Å²) in [6.07, 6.45) is 0. The van der Waals surface area contributed by atoms with E-state index in [1.807, 2.05) is 0 Å². The molecular weight excluding hydrogens is 351 g/mol. The van der Waals surface area contributed by atoms with Gasteiger partial charge in [0.1, 0.15) is 0 Å². The Hall–Kier alpha value is -1.23. The van der Waals surface area contributed by atoms with E-state index in [0.717, 1.165) is 0 Å². The maximum atomic E-state index is 3.44. The van der Waals surface area contributed by atoms with Crippen molar-refractivity contribution in [2.75, 3.05) is 0 Å². The summed E-state index contributed by atoms with van der Waals surface area (Å²) in [5.41, 5.74) is 3.78. The second-order valence-corrected chi connectivity index (χ2v) is 5.74. The van der Waals surface area contributed by atoms with Crippen LogP contribution in [-0.2, 0) is 20.6 Å². The normalized spacial score (nSPS) is 10.1. The van der Waals surface area contributed by atoms with Crippen molar-refractivity contribution in [1.82, 2.24) is 0 Å². The van der Waals surface area contributed by atoms with E-state index in [2.05, 4.69) is 107 Å². The molecule has 22 heavy (non-hydrogen) atoms. The van der Waals surface area contributed by atoms with E-state index in [1.54, 1.807) is 0 Å². The number of benzene rings is 3. The Bertz CT molecular complexity index is 573. The standard InChI is InChI=1S/C19H15.2ClH.Cr/c1-4-10-16(11-5-1)19(17-12-6-2-7-13-17)18-14-8-3-9-15-18;;;/h1-15H;2*1H;/q;;;+2/p-2. The van der Waals surface area contributed by atoms with Crippen LogP contribution in [0.1, 0.15) is 16.7 Å². The molecule has 0 aliphatic heterocycles. The van der Waals surface area contributed by atoms with E-state index < -0.39 is 0 Å². The summed E-state index contributed by atoms with van der Waals surface area (Å²) in [5, 5.41) is 0. The Balaban J connectivity index is 0.00000121. The van der Waals surface area contributed by atoms with Gasteiger partial charge in [-0.25, -0.2) is 0 Å². The van der Waals surface area contributed by atoms with Gasteiger partial charge < -0.3 is 24.8 Å². The fraction of sp³-hybridized carbons (Fsp3) is 0.0526. The summed E-state index contributed by atoms with van der Waals surface area (Å²) in [6.45, 7) is 0. The van der Waals surface area contributed by atoms with Crippen molar-refractivity contribution in [3.05, 3.63) is 108 Å². The molecule has 0 nitrogen and oxygen atoms in total. The Morgan fingerprint density at radius 2 is 0.682 bits per heavy atom. The molecule has 3 aromatic rings. The zero-order valence-corrected chi connectivity index (χ0v) is 14.6. The van der Waals surface area contributed by atoms with E-state index in [1.165, 1.54) is 16.7 Å². The molecule has 0 aliphatic rings. The maximum absolute atomic E-state index is 3.44. The third-order valence-corrected chi connectivity index (χ3v) is 4.65. The van der Waals surface area contributed by atoms with Crippen molar-refractivity contribution >= 4 is 0 Å². The van der Waals surface area contributed by atoms with Gasteiger partial charge in [-0.1, -0.05) is 0 Å². The van der Waals surface area contributed by atoms with Crippen LogP contribution in [0.5, 0.6) is 0 Å². The van der Waals surface area contributed by atoms with Crippen LogP contribution in [0.25, 0.3) is 0 Å². The predicted octanol–water partition coefficient (Wildman–Crippen LogP) is -1.47. The van der Waals surface area contributed by atoms with Crippen LogP contribution in [0.3, 0.4) is 0 Å². The molecule has 0 aliphatic carbocycles. The number of hydrogen-bond donors (Lipinski definition) is 0. The first-order valence-corrected chi connectivity index (χ1v) is 7.32. The van der Waals surface area contributed by atoms with Crippen LogP contribution in [0.15, 0.2) is 91.0 Å². The summed E-state index contributed by atoms with van der Waals surface area (Å²) in [5.74, 6) is 0. The average molecular weight is 366 g/mol. The van der Waals surface area contributed by atoms with Gasteiger partial charge in [-0.2, -0.15) is 0 Å². The monoisotopic (exact) mass is 365 g/mol. The third kappa shape index (κ3) is 3.57. The molecule has 0 spiro atoms. The molecule has 3 rings (SSSR count). The fourth-order valence-corrected chi connectivity index (χ4v) is 3.16. The predicted molar refractivity (Wildman–Crippen MR) is 79.2 cm³/mol. The van der Waals surface area contributed by atoms with E-state index in [4.69, 9.17) is 0 Å². The summed E-state index contributed by atoms with van der Waals surface area (Å²) in [4.78, 5) is 0. The molecule has 3 heteroatoms. The fourth-order valence-electron chi connectivity index (χ4n) is 2.52. The molecule has 0 atom stereocenters. The van der Waals surface area contributed by atoms with Crippen LogP contribution in [-0.4, -0.2) is 0 Å². The molecule has 0 aromatic heterocycles. The van der Waals surface area contributed by atoms with E-state index in [0.29, 0.717) is 0 Å². The molecule has 111 valence electrons. The van der Waals surface area contributed by atoms with Gasteiger partial charge in [0.2, 0.25) is 0 Å². The van der Waals surface area contributed by atoms with Gasteiger partial charge in [-0.3, -0.25) is 0 Å². The van der Waals surface area contributed by atoms with Gasteiger partial charge in [0, 0.05) is 0 Å². The number of rotatable bonds is 3. The molecule has 0 saturated heterocycles. The molecule has 0 saturated carbocycles. The van der Waals surface area contributed by atoms with Crippen molar-refractivity contribution in [1.29, 1.82) is 0 Å². The zero-order valence-electron chi connectivity index (χ0n) is 11.8. The summed E-state index contributed by atoms with van der Waals surface area (Å²) >= 11 is 3.44. The van der Waals surface area contributed by atoms with Crippen LogP contribution in [0.2, 0.25) is 0 Å². The Kier molecular flexibility index (Phi) is 7.20. The molecule has 0 amide bonds. The topological polar surface area (TPSA) is 0 Å². The molecule has 0 heterocycles. The molecule has 0 unspecified atom stereocenters. The van der Waals surface area contributed by atoms with Crippen molar-refractivity contribution < 1.29 is 41.1 Å². The van der Waals surface area contributed by atoms with Gasteiger partial charge in [-0.05, 0) is 0 Å². The Labute approximate surface area is 152 Å². The van der Waals surface area contributed by atoms with Gasteiger partial charge in [0.25, 0.3) is 0 Å². The third-order valence-electron chi connectivity index (χ3n) is 3.54. The number of halogens is 2. The quantitative estimate of drug-likeness (QED) is 0.497. The molecular formula is C19H15Cl2Cr. The van der Waals surface area contributed by atoms with E-state index >= 15 is 0 Å². The first kappa shape index (κ1) is 18.8. The van der Waals surface area contributed by atoms with Crippen LogP contribution in [0, 0.1) is 0 Å². The molecule has 3 aromatic carbocycles. The van der Waals surface area contributed by atoms with Crippen LogP contribution in [0.4, 0.5) is 0 Å². The minimum atomic E-state index is -0.246. The number of hydrogen-bond acceptors (Lipinski definition) is 0. The van der Waals surface area contributed by atoms with Gasteiger partial charge in [0.05, 0.1) is 0 Å². The summed E-state index contributed by atoms with van der Waals surface area (Å²) in [7, 11) is 0. The minimum absolute atomic E-state index is 0. The SMILES string of the molecule is [Cl-].[Cl-].[Cr+2][C](c1ccccc1)(c1ccccc1)c1ccccc1. The van der Waals surface area contributed by atoms with Gasteiger partial charge in [-0.15, -0.1) is 0 Å². The molecule has 0 N–H and O–H groups in total. The first-order chi connectivity index (χ1) is 9.82. The molecule has 0 bridgehead atoms. The second-order valence-electron chi connectivity index (χ2n) is 4.78. The molecule has 0 fully saturated rings. The molecule has 0 radical (unpaired) electrons. The summed E-state index contributed by atoms with van der Waals surface area (Å²) < 4.78 is -0.246. The van der Waals surface area contributed by atoms with Crippen molar-refractivity contribution in [3.63, 3.8) is 0 Å². The Morgan fingerprint density at radius 3 is 0.909 bits per heavy atom. The summed E-state index contributed by atoms with van der Waals surface area (Å²) in [6, 6.07) is 31.8. The van der Waals surface area contributed by atoms with Crippen LogP contribution < -0.4 is 24.8 Å². The van der Waals surface area contributed by atoms with E-state index in [-0.39, 0.29) is 29.1 Å². The van der Waals surface area contributed by atoms with Gasteiger partial charge >= 0.3 is 128 Å². The van der Waals surface area contributed by atoms with Crippen LogP contribution >= 0.6 is 0 Å².